The van der Waals surface area contributed by atoms with Crippen molar-refractivity contribution in [1.29, 1.82) is 0 Å². The van der Waals surface area contributed by atoms with Gasteiger partial charge in [-0.15, -0.1) is 0 Å². The first-order valence-corrected chi connectivity index (χ1v) is 7.43. The zero-order valence-corrected chi connectivity index (χ0v) is 12.5. The third-order valence-corrected chi connectivity index (χ3v) is 5.00. The van der Waals surface area contributed by atoms with Crippen molar-refractivity contribution in [2.75, 3.05) is 0 Å². The molecule has 96 valence electrons. The molecule has 0 unspecified atom stereocenters. The molecule has 0 aliphatic carbocycles. The first-order valence-electron chi connectivity index (χ1n) is 5.86. The van der Waals surface area contributed by atoms with E-state index in [1.54, 1.807) is 11.8 Å². The Balaban J connectivity index is 2.16. The predicted molar refractivity (Wildman–Crippen MR) is 83.6 cm³/mol. The van der Waals surface area contributed by atoms with Crippen LogP contribution in [-0.2, 0) is 0 Å². The molecular weight excluding hydrogens is 297 g/mol. The second kappa shape index (κ2) is 5.12. The van der Waals surface area contributed by atoms with E-state index in [1.165, 1.54) is 0 Å². The van der Waals surface area contributed by atoms with Gasteiger partial charge in [-0.25, -0.2) is 0 Å². The van der Waals surface area contributed by atoms with E-state index in [0.717, 1.165) is 36.4 Å². The average Bonchev–Trinajstić information content (AvgIpc) is 2.70. The molecule has 1 nitrogen and oxygen atoms in total. The maximum absolute atomic E-state index is 6.32. The molecule has 19 heavy (non-hydrogen) atoms. The van der Waals surface area contributed by atoms with Gasteiger partial charge in [0.05, 0.1) is 10.0 Å². The second-order valence-electron chi connectivity index (χ2n) is 4.27. The minimum Gasteiger partial charge on any atom is -0.358 e. The lowest BCUT2D eigenvalue weighted by atomic mass is 10.2. The summed E-state index contributed by atoms with van der Waals surface area (Å²) in [5.41, 5.74) is 2.16. The molecule has 0 saturated heterocycles. The van der Waals surface area contributed by atoms with Gasteiger partial charge < -0.3 is 4.98 Å². The van der Waals surface area contributed by atoms with Crippen molar-refractivity contribution < 1.29 is 0 Å². The van der Waals surface area contributed by atoms with Crippen molar-refractivity contribution in [3.8, 4) is 0 Å². The fourth-order valence-electron chi connectivity index (χ4n) is 2.07. The number of aryl methyl sites for hydroxylation is 1. The monoisotopic (exact) mass is 307 g/mol. The van der Waals surface area contributed by atoms with Gasteiger partial charge in [0.25, 0.3) is 0 Å². The van der Waals surface area contributed by atoms with Crippen molar-refractivity contribution in [2.24, 2.45) is 0 Å². The van der Waals surface area contributed by atoms with Crippen LogP contribution in [0.15, 0.2) is 52.3 Å². The molecule has 3 aromatic rings. The lowest BCUT2D eigenvalue weighted by Crippen LogP contribution is -1.77. The highest BCUT2D eigenvalue weighted by molar-refractivity contribution is 7.99. The van der Waals surface area contributed by atoms with Crippen LogP contribution in [0.2, 0.25) is 10.0 Å². The molecule has 1 aromatic heterocycles. The van der Waals surface area contributed by atoms with Gasteiger partial charge in [0.1, 0.15) is 0 Å². The third kappa shape index (κ3) is 2.36. The summed E-state index contributed by atoms with van der Waals surface area (Å²) < 4.78 is 0. The molecule has 0 amide bonds. The van der Waals surface area contributed by atoms with Gasteiger partial charge in [-0.05, 0) is 31.2 Å². The number of aromatic amines is 1. The maximum Gasteiger partial charge on any atom is 0.0545 e. The number of nitrogens with one attached hydrogen (secondary N) is 1. The van der Waals surface area contributed by atoms with Crippen LogP contribution >= 0.6 is 35.0 Å². The van der Waals surface area contributed by atoms with Gasteiger partial charge in [-0.2, -0.15) is 0 Å². The van der Waals surface area contributed by atoms with E-state index in [0.29, 0.717) is 0 Å². The number of benzene rings is 2. The normalized spacial score (nSPS) is 11.1. The number of aromatic nitrogens is 1. The Morgan fingerprint density at radius 2 is 1.68 bits per heavy atom. The summed E-state index contributed by atoms with van der Waals surface area (Å²) in [7, 11) is 0. The smallest absolute Gasteiger partial charge is 0.0545 e. The Morgan fingerprint density at radius 3 is 2.47 bits per heavy atom. The molecule has 0 spiro atoms. The third-order valence-electron chi connectivity index (χ3n) is 2.95. The summed E-state index contributed by atoms with van der Waals surface area (Å²) in [6.07, 6.45) is 0. The molecule has 0 aliphatic heterocycles. The van der Waals surface area contributed by atoms with E-state index in [4.69, 9.17) is 23.2 Å². The molecule has 2 aromatic carbocycles. The summed E-state index contributed by atoms with van der Waals surface area (Å²) in [6, 6.07) is 13.7. The summed E-state index contributed by atoms with van der Waals surface area (Å²) >= 11 is 14.2. The van der Waals surface area contributed by atoms with Gasteiger partial charge in [-0.1, -0.05) is 53.2 Å². The van der Waals surface area contributed by atoms with E-state index in [-0.39, 0.29) is 0 Å². The van der Waals surface area contributed by atoms with Crippen LogP contribution < -0.4 is 0 Å². The maximum atomic E-state index is 6.32. The lowest BCUT2D eigenvalue weighted by molar-refractivity contribution is 1.23. The van der Waals surface area contributed by atoms with Gasteiger partial charge in [-0.3, -0.25) is 0 Å². The molecule has 0 aliphatic rings. The van der Waals surface area contributed by atoms with Crippen molar-refractivity contribution >= 4 is 45.9 Å². The van der Waals surface area contributed by atoms with E-state index < -0.39 is 0 Å². The number of halogens is 2. The van der Waals surface area contributed by atoms with Crippen LogP contribution in [0.25, 0.3) is 10.9 Å². The van der Waals surface area contributed by atoms with Crippen LogP contribution in [0.4, 0.5) is 0 Å². The standard InChI is InChI=1S/C15H11Cl2NS/c1-9-15(19-13-8-3-2-5-10(13)16)14-11(17)6-4-7-12(14)18-9/h2-8,18H,1H3. The highest BCUT2D eigenvalue weighted by Crippen LogP contribution is 2.41. The van der Waals surface area contributed by atoms with Crippen LogP contribution in [-0.4, -0.2) is 4.98 Å². The van der Waals surface area contributed by atoms with E-state index >= 15 is 0 Å². The first kappa shape index (κ1) is 12.9. The van der Waals surface area contributed by atoms with Crippen molar-refractivity contribution in [3.63, 3.8) is 0 Å². The highest BCUT2D eigenvalue weighted by Gasteiger charge is 2.13. The predicted octanol–water partition coefficient (Wildman–Crippen LogP) is 5.93. The molecule has 0 fully saturated rings. The SMILES string of the molecule is Cc1[nH]c2cccc(Cl)c2c1Sc1ccccc1Cl. The molecule has 1 heterocycles. The van der Waals surface area contributed by atoms with Gasteiger partial charge in [0, 0.05) is 26.4 Å². The Bertz CT molecular complexity index is 749. The Hall–Kier alpha value is -1.09. The second-order valence-corrected chi connectivity index (χ2v) is 6.14. The molecule has 0 bridgehead atoms. The average molecular weight is 308 g/mol. The zero-order valence-electron chi connectivity index (χ0n) is 10.2. The van der Waals surface area contributed by atoms with Crippen LogP contribution in [0.5, 0.6) is 0 Å². The molecule has 1 N–H and O–H groups in total. The summed E-state index contributed by atoms with van der Waals surface area (Å²) in [5.74, 6) is 0. The first-order chi connectivity index (χ1) is 9.16. The van der Waals surface area contributed by atoms with Gasteiger partial charge >= 0.3 is 0 Å². The minimum atomic E-state index is 0.758. The Labute approximate surface area is 125 Å². The van der Waals surface area contributed by atoms with Crippen LogP contribution in [0.1, 0.15) is 5.69 Å². The Kier molecular flexibility index (Phi) is 3.48. The molecule has 0 radical (unpaired) electrons. The quantitative estimate of drug-likeness (QED) is 0.620. The lowest BCUT2D eigenvalue weighted by Gasteiger charge is -2.04. The number of hydrogen-bond acceptors (Lipinski definition) is 1. The highest BCUT2D eigenvalue weighted by atomic mass is 35.5. The van der Waals surface area contributed by atoms with Gasteiger partial charge in [0.15, 0.2) is 0 Å². The summed E-state index contributed by atoms with van der Waals surface area (Å²) in [5, 5.41) is 2.58. The summed E-state index contributed by atoms with van der Waals surface area (Å²) in [6.45, 7) is 2.05. The topological polar surface area (TPSA) is 15.8 Å². The molecule has 0 atom stereocenters. The minimum absolute atomic E-state index is 0.758. The van der Waals surface area contributed by atoms with E-state index in [9.17, 15) is 0 Å². The number of fused-ring (bicyclic) bond motifs is 1. The fraction of sp³-hybridized carbons (Fsp3) is 0.0667. The molecular formula is C15H11Cl2NS. The zero-order chi connectivity index (χ0) is 13.4. The van der Waals surface area contributed by atoms with E-state index in [2.05, 4.69) is 11.9 Å². The Morgan fingerprint density at radius 1 is 0.947 bits per heavy atom. The molecule has 3 rings (SSSR count). The van der Waals surface area contributed by atoms with Crippen LogP contribution in [0.3, 0.4) is 0 Å². The molecule has 0 saturated carbocycles. The van der Waals surface area contributed by atoms with Gasteiger partial charge in [0.2, 0.25) is 0 Å². The van der Waals surface area contributed by atoms with E-state index in [1.807, 2.05) is 42.5 Å². The largest absolute Gasteiger partial charge is 0.358 e. The van der Waals surface area contributed by atoms with Crippen molar-refractivity contribution in [3.05, 3.63) is 58.2 Å². The fourth-order valence-corrected chi connectivity index (χ4v) is 3.71. The summed E-state index contributed by atoms with van der Waals surface area (Å²) in [4.78, 5) is 5.53. The van der Waals surface area contributed by atoms with Crippen LogP contribution in [0, 0.1) is 6.92 Å². The molecule has 4 heteroatoms. The van der Waals surface area contributed by atoms with Crippen molar-refractivity contribution in [1.82, 2.24) is 4.98 Å². The van der Waals surface area contributed by atoms with Crippen molar-refractivity contribution in [2.45, 2.75) is 16.7 Å². The number of hydrogen-bond donors (Lipinski definition) is 1. The number of rotatable bonds is 2. The number of H-pyrrole nitrogens is 1.